The van der Waals surface area contributed by atoms with E-state index in [9.17, 15) is 0 Å². The molecule has 2 nitrogen and oxygen atoms in total. The van der Waals surface area contributed by atoms with Crippen LogP contribution in [-0.4, -0.2) is 37.6 Å². The van der Waals surface area contributed by atoms with Crippen molar-refractivity contribution >= 4 is 28.5 Å². The molecule has 2 heterocycles. The van der Waals surface area contributed by atoms with E-state index < -0.39 is 0 Å². The minimum absolute atomic E-state index is 0.870. The lowest BCUT2D eigenvalue weighted by atomic mass is 10.2. The monoisotopic (exact) mass is 270 g/mol. The third kappa shape index (κ3) is 4.11. The molecule has 0 radical (unpaired) electrons. The first-order chi connectivity index (χ1) is 8.25. The van der Waals surface area contributed by atoms with Crippen molar-refractivity contribution in [3.8, 4) is 0 Å². The molecule has 0 unspecified atom stereocenters. The summed E-state index contributed by atoms with van der Waals surface area (Å²) in [4.78, 5) is 3.80. The zero-order chi connectivity index (χ0) is 12.1. The van der Waals surface area contributed by atoms with Gasteiger partial charge in [-0.3, -0.25) is 0 Å². The van der Waals surface area contributed by atoms with Crippen molar-refractivity contribution in [2.45, 2.75) is 13.3 Å². The highest BCUT2D eigenvalue weighted by Gasteiger charge is 2.07. The summed E-state index contributed by atoms with van der Waals surface area (Å²) >= 11 is 7.59. The summed E-state index contributed by atoms with van der Waals surface area (Å²) in [5, 5.41) is 3.37. The Hall–Kier alpha value is -0.350. The summed E-state index contributed by atoms with van der Waals surface area (Å²) in [5.41, 5.74) is 1.34. The SMILES string of the molecule is C/C(=C\CCN1CCNCC1)c1ccc(Cl)s1. The molecule has 0 atom stereocenters. The molecule has 2 rings (SSSR count). The molecule has 17 heavy (non-hydrogen) atoms. The molecule has 1 aromatic heterocycles. The lowest BCUT2D eigenvalue weighted by Gasteiger charge is -2.26. The summed E-state index contributed by atoms with van der Waals surface area (Å²) in [6, 6.07) is 4.07. The second kappa shape index (κ2) is 6.55. The van der Waals surface area contributed by atoms with Gasteiger partial charge in [0.2, 0.25) is 0 Å². The first kappa shape index (κ1) is 13.1. The van der Waals surface area contributed by atoms with Crippen LogP contribution in [0.5, 0.6) is 0 Å². The van der Waals surface area contributed by atoms with Gasteiger partial charge in [-0.1, -0.05) is 17.7 Å². The van der Waals surface area contributed by atoms with Crippen LogP contribution in [0.1, 0.15) is 18.2 Å². The van der Waals surface area contributed by atoms with E-state index >= 15 is 0 Å². The second-order valence-electron chi connectivity index (χ2n) is 4.37. The zero-order valence-corrected chi connectivity index (χ0v) is 11.8. The normalized spacial score (nSPS) is 18.6. The number of halogens is 1. The molecule has 1 fully saturated rings. The van der Waals surface area contributed by atoms with E-state index in [1.165, 1.54) is 23.5 Å². The van der Waals surface area contributed by atoms with Crippen LogP contribution in [0.3, 0.4) is 0 Å². The Labute approximate surface area is 112 Å². The molecule has 1 saturated heterocycles. The molecule has 1 aromatic rings. The number of thiophene rings is 1. The first-order valence-corrected chi connectivity index (χ1v) is 7.31. The fourth-order valence-electron chi connectivity index (χ4n) is 2.03. The number of allylic oxidation sites excluding steroid dienone is 1. The van der Waals surface area contributed by atoms with Crippen LogP contribution in [0.4, 0.5) is 0 Å². The van der Waals surface area contributed by atoms with Gasteiger partial charge in [0.15, 0.2) is 0 Å². The van der Waals surface area contributed by atoms with Gasteiger partial charge in [-0.2, -0.15) is 0 Å². The quantitative estimate of drug-likeness (QED) is 0.905. The number of hydrogen-bond donors (Lipinski definition) is 1. The van der Waals surface area contributed by atoms with Gasteiger partial charge in [0.25, 0.3) is 0 Å². The van der Waals surface area contributed by atoms with Crippen molar-refractivity contribution in [3.63, 3.8) is 0 Å². The van der Waals surface area contributed by atoms with E-state index in [-0.39, 0.29) is 0 Å². The standard InChI is InChI=1S/C13H19ClN2S/c1-11(12-4-5-13(14)17-12)3-2-8-16-9-6-15-7-10-16/h3-5,15H,2,6-10H2,1H3/b11-3+. The Morgan fingerprint density at radius 2 is 2.24 bits per heavy atom. The van der Waals surface area contributed by atoms with Gasteiger partial charge in [-0.05, 0) is 31.1 Å². The first-order valence-electron chi connectivity index (χ1n) is 6.11. The smallest absolute Gasteiger partial charge is 0.0934 e. The predicted molar refractivity (Wildman–Crippen MR) is 76.9 cm³/mol. The van der Waals surface area contributed by atoms with Crippen molar-refractivity contribution < 1.29 is 0 Å². The van der Waals surface area contributed by atoms with Gasteiger partial charge in [-0.25, -0.2) is 0 Å². The maximum absolute atomic E-state index is 5.94. The van der Waals surface area contributed by atoms with Crippen LogP contribution < -0.4 is 5.32 Å². The van der Waals surface area contributed by atoms with Crippen LogP contribution in [0, 0.1) is 0 Å². The highest BCUT2D eigenvalue weighted by atomic mass is 35.5. The van der Waals surface area contributed by atoms with Crippen molar-refractivity contribution in [2.24, 2.45) is 0 Å². The Balaban J connectivity index is 1.79. The lowest BCUT2D eigenvalue weighted by Crippen LogP contribution is -2.43. The predicted octanol–water partition coefficient (Wildman–Crippen LogP) is 3.10. The number of hydrogen-bond acceptors (Lipinski definition) is 3. The minimum Gasteiger partial charge on any atom is -0.314 e. The fraction of sp³-hybridized carbons (Fsp3) is 0.538. The van der Waals surface area contributed by atoms with E-state index in [1.54, 1.807) is 11.3 Å². The van der Waals surface area contributed by atoms with Crippen LogP contribution in [0.15, 0.2) is 18.2 Å². The third-order valence-corrected chi connectivity index (χ3v) is 4.43. The lowest BCUT2D eigenvalue weighted by molar-refractivity contribution is 0.245. The van der Waals surface area contributed by atoms with E-state index in [0.29, 0.717) is 0 Å². The maximum Gasteiger partial charge on any atom is 0.0934 e. The Morgan fingerprint density at radius 1 is 1.47 bits per heavy atom. The molecule has 1 aliphatic heterocycles. The molecule has 4 heteroatoms. The maximum atomic E-state index is 5.94. The van der Waals surface area contributed by atoms with E-state index in [4.69, 9.17) is 11.6 Å². The van der Waals surface area contributed by atoms with Gasteiger partial charge in [0.05, 0.1) is 4.34 Å². The van der Waals surface area contributed by atoms with Crippen molar-refractivity contribution in [2.75, 3.05) is 32.7 Å². The van der Waals surface area contributed by atoms with Crippen LogP contribution in [0.25, 0.3) is 5.57 Å². The molecule has 0 saturated carbocycles. The van der Waals surface area contributed by atoms with E-state index in [2.05, 4.69) is 29.3 Å². The molecule has 0 aliphatic carbocycles. The van der Waals surface area contributed by atoms with Crippen molar-refractivity contribution in [3.05, 3.63) is 27.4 Å². The summed E-state index contributed by atoms with van der Waals surface area (Å²) in [6.07, 6.45) is 3.45. The second-order valence-corrected chi connectivity index (χ2v) is 6.09. The van der Waals surface area contributed by atoms with Gasteiger partial charge in [0, 0.05) is 37.6 Å². The van der Waals surface area contributed by atoms with Crippen LogP contribution >= 0.6 is 22.9 Å². The average molecular weight is 271 g/mol. The third-order valence-electron chi connectivity index (χ3n) is 3.07. The topological polar surface area (TPSA) is 15.3 Å². The van der Waals surface area contributed by atoms with Gasteiger partial charge < -0.3 is 10.2 Å². The van der Waals surface area contributed by atoms with Crippen LogP contribution in [0.2, 0.25) is 4.34 Å². The zero-order valence-electron chi connectivity index (χ0n) is 10.2. The molecule has 94 valence electrons. The Bertz CT molecular complexity index is 381. The minimum atomic E-state index is 0.870. The highest BCUT2D eigenvalue weighted by molar-refractivity contribution is 7.17. The van der Waals surface area contributed by atoms with Crippen molar-refractivity contribution in [1.82, 2.24) is 10.2 Å². The van der Waals surface area contributed by atoms with Gasteiger partial charge >= 0.3 is 0 Å². The molecule has 0 spiro atoms. The largest absolute Gasteiger partial charge is 0.314 e. The molecule has 0 bridgehead atoms. The molecular weight excluding hydrogens is 252 g/mol. The fourth-order valence-corrected chi connectivity index (χ4v) is 3.06. The van der Waals surface area contributed by atoms with E-state index in [1.807, 2.05) is 6.07 Å². The Kier molecular flexibility index (Phi) is 5.04. The van der Waals surface area contributed by atoms with Gasteiger partial charge in [0.1, 0.15) is 0 Å². The summed E-state index contributed by atoms with van der Waals surface area (Å²) < 4.78 is 0.870. The average Bonchev–Trinajstić information content (AvgIpc) is 2.77. The number of nitrogens with zero attached hydrogens (tertiary/aromatic N) is 1. The number of nitrogens with one attached hydrogen (secondary N) is 1. The summed E-state index contributed by atoms with van der Waals surface area (Å²) in [5.74, 6) is 0. The molecule has 1 aliphatic rings. The summed E-state index contributed by atoms with van der Waals surface area (Å²) in [6.45, 7) is 7.94. The molecular formula is C13H19ClN2S. The van der Waals surface area contributed by atoms with E-state index in [0.717, 1.165) is 30.4 Å². The number of piperazine rings is 1. The van der Waals surface area contributed by atoms with Crippen molar-refractivity contribution in [1.29, 1.82) is 0 Å². The summed E-state index contributed by atoms with van der Waals surface area (Å²) in [7, 11) is 0. The highest BCUT2D eigenvalue weighted by Crippen LogP contribution is 2.27. The van der Waals surface area contributed by atoms with Gasteiger partial charge in [-0.15, -0.1) is 11.3 Å². The Morgan fingerprint density at radius 3 is 2.88 bits per heavy atom. The molecule has 1 N–H and O–H groups in total. The molecule has 0 aromatic carbocycles. The molecule has 0 amide bonds. The van der Waals surface area contributed by atoms with Crippen LogP contribution in [-0.2, 0) is 0 Å². The number of rotatable bonds is 4.